The number of hydrogen-bond acceptors (Lipinski definition) is 1. The molecule has 0 saturated heterocycles. The Kier molecular flexibility index (Phi) is 6.23. The van der Waals surface area contributed by atoms with Crippen molar-refractivity contribution in [1.82, 2.24) is 0 Å². The molecule has 0 aliphatic heterocycles. The first-order valence-electron chi connectivity index (χ1n) is 8.94. The highest BCUT2D eigenvalue weighted by atomic mass is 19.1. The first-order valence-corrected chi connectivity index (χ1v) is 8.94. The number of ether oxygens (including phenoxy) is 1. The average molecular weight is 344 g/mol. The minimum atomic E-state index is -0.222. The summed E-state index contributed by atoms with van der Waals surface area (Å²) in [7, 11) is 0. The summed E-state index contributed by atoms with van der Waals surface area (Å²) in [5, 5.41) is 2.39. The van der Waals surface area contributed by atoms with Gasteiger partial charge in [0.05, 0.1) is 5.54 Å². The average Bonchev–Trinajstić information content (AvgIpc) is 2.51. The zero-order chi connectivity index (χ0) is 18.5. The van der Waals surface area contributed by atoms with Gasteiger partial charge in [0.2, 0.25) is 0 Å². The van der Waals surface area contributed by atoms with E-state index in [2.05, 4.69) is 46.0 Å². The van der Waals surface area contributed by atoms with Crippen LogP contribution in [0.15, 0.2) is 48.5 Å². The number of hydrogen-bond donors (Lipinski definition) is 1. The van der Waals surface area contributed by atoms with Crippen LogP contribution in [0.2, 0.25) is 0 Å². The fourth-order valence-corrected chi connectivity index (χ4v) is 3.38. The number of benzene rings is 2. The van der Waals surface area contributed by atoms with E-state index < -0.39 is 0 Å². The van der Waals surface area contributed by atoms with Gasteiger partial charge in [0.15, 0.2) is 0 Å². The van der Waals surface area contributed by atoms with Gasteiger partial charge < -0.3 is 10.1 Å². The maximum Gasteiger partial charge on any atom is 0.128 e. The van der Waals surface area contributed by atoms with Gasteiger partial charge in [-0.15, -0.1) is 0 Å². The highest BCUT2D eigenvalue weighted by Gasteiger charge is 2.28. The molecule has 136 valence electrons. The molecule has 0 aliphatic carbocycles. The molecule has 2 rings (SSSR count). The van der Waals surface area contributed by atoms with Crippen molar-refractivity contribution >= 4 is 0 Å². The lowest BCUT2D eigenvalue weighted by molar-refractivity contribution is -0.737. The fraction of sp³-hybridized carbons (Fsp3) is 0.455. The van der Waals surface area contributed by atoms with Gasteiger partial charge in [-0.25, -0.2) is 4.39 Å². The molecule has 0 radical (unpaired) electrons. The lowest BCUT2D eigenvalue weighted by Gasteiger charge is -2.30. The molecule has 0 aromatic heterocycles. The monoisotopic (exact) mass is 344 g/mol. The Bertz CT molecular complexity index is 671. The number of rotatable bonds is 7. The quantitative estimate of drug-likeness (QED) is 0.775. The second-order valence-corrected chi connectivity index (χ2v) is 8.66. The Balaban J connectivity index is 1.99. The van der Waals surface area contributed by atoms with E-state index in [0.717, 1.165) is 24.3 Å². The maximum atomic E-state index is 13.0. The maximum absolute atomic E-state index is 13.0. The molecule has 0 saturated carbocycles. The minimum absolute atomic E-state index is 0.169. The van der Waals surface area contributed by atoms with Crippen molar-refractivity contribution in [3.63, 3.8) is 0 Å². The topological polar surface area (TPSA) is 25.8 Å². The van der Waals surface area contributed by atoms with E-state index in [4.69, 9.17) is 4.74 Å². The largest absolute Gasteiger partial charge is 0.488 e. The lowest BCUT2D eigenvalue weighted by atomic mass is 9.82. The van der Waals surface area contributed by atoms with E-state index >= 15 is 0 Å². The van der Waals surface area contributed by atoms with Crippen LogP contribution < -0.4 is 10.1 Å². The molecule has 0 unspecified atom stereocenters. The third-order valence-corrected chi connectivity index (χ3v) is 4.14. The Labute approximate surface area is 151 Å². The zero-order valence-corrected chi connectivity index (χ0v) is 16.1. The molecule has 2 N–H and O–H groups in total. The Morgan fingerprint density at radius 2 is 1.56 bits per heavy atom. The van der Waals surface area contributed by atoms with E-state index in [1.165, 1.54) is 17.7 Å². The summed E-state index contributed by atoms with van der Waals surface area (Å²) in [4.78, 5) is 0. The third-order valence-electron chi connectivity index (χ3n) is 4.14. The van der Waals surface area contributed by atoms with Crippen LogP contribution >= 0.6 is 0 Å². The van der Waals surface area contributed by atoms with Crippen molar-refractivity contribution in [1.29, 1.82) is 0 Å². The van der Waals surface area contributed by atoms with Gasteiger partial charge in [0, 0.05) is 12.0 Å². The van der Waals surface area contributed by atoms with Crippen molar-refractivity contribution in [3.05, 3.63) is 65.5 Å². The van der Waals surface area contributed by atoms with Crippen LogP contribution in [0.5, 0.6) is 5.75 Å². The summed E-state index contributed by atoms with van der Waals surface area (Å²) in [6.45, 7) is 12.7. The zero-order valence-electron chi connectivity index (χ0n) is 16.1. The van der Waals surface area contributed by atoms with Crippen LogP contribution in [-0.2, 0) is 13.2 Å². The smallest absolute Gasteiger partial charge is 0.128 e. The molecule has 2 nitrogen and oxygen atoms in total. The molecule has 25 heavy (non-hydrogen) atoms. The Morgan fingerprint density at radius 1 is 0.920 bits per heavy atom. The van der Waals surface area contributed by atoms with Crippen molar-refractivity contribution < 1.29 is 14.4 Å². The summed E-state index contributed by atoms with van der Waals surface area (Å²) in [6, 6.07) is 14.6. The van der Waals surface area contributed by atoms with Crippen LogP contribution in [0.3, 0.4) is 0 Å². The predicted molar refractivity (Wildman–Crippen MR) is 101 cm³/mol. The first kappa shape index (κ1) is 19.5. The minimum Gasteiger partial charge on any atom is -0.488 e. The van der Waals surface area contributed by atoms with E-state index in [1.54, 1.807) is 12.1 Å². The molecule has 3 heteroatoms. The molecule has 0 fully saturated rings. The van der Waals surface area contributed by atoms with Gasteiger partial charge in [0.25, 0.3) is 0 Å². The predicted octanol–water partition coefficient (Wildman–Crippen LogP) is 4.68. The second kappa shape index (κ2) is 8.01. The molecule has 0 amide bonds. The highest BCUT2D eigenvalue weighted by molar-refractivity contribution is 5.33. The number of halogens is 1. The summed E-state index contributed by atoms with van der Waals surface area (Å²) >= 11 is 0. The second-order valence-electron chi connectivity index (χ2n) is 8.66. The van der Waals surface area contributed by atoms with Crippen LogP contribution in [-0.4, -0.2) is 5.54 Å². The number of nitrogens with two attached hydrogens (primary N) is 1. The van der Waals surface area contributed by atoms with Crippen molar-refractivity contribution in [2.75, 3.05) is 0 Å². The molecular weight excluding hydrogens is 313 g/mol. The van der Waals surface area contributed by atoms with E-state index in [0.29, 0.717) is 12.0 Å². The summed E-state index contributed by atoms with van der Waals surface area (Å²) in [5.74, 6) is 0.675. The molecule has 0 atom stereocenters. The van der Waals surface area contributed by atoms with Gasteiger partial charge in [-0.3, -0.25) is 0 Å². The summed E-state index contributed by atoms with van der Waals surface area (Å²) in [5.41, 5.74) is 2.63. The SMILES string of the molecule is CC(C)(C)CC(C)(C)[NH2+]Cc1ccccc1OCc1ccc(F)cc1. The van der Waals surface area contributed by atoms with Crippen LogP contribution in [0.25, 0.3) is 0 Å². The molecule has 0 aliphatic rings. The third kappa shape index (κ3) is 6.87. The summed E-state index contributed by atoms with van der Waals surface area (Å²) < 4.78 is 19.0. The fourth-order valence-electron chi connectivity index (χ4n) is 3.38. The van der Waals surface area contributed by atoms with Crippen molar-refractivity contribution in [2.24, 2.45) is 5.41 Å². The molecular formula is C22H31FNO+. The Morgan fingerprint density at radius 3 is 2.20 bits per heavy atom. The lowest BCUT2D eigenvalue weighted by Crippen LogP contribution is -2.94. The van der Waals surface area contributed by atoms with Crippen LogP contribution in [0.1, 0.15) is 52.2 Å². The van der Waals surface area contributed by atoms with E-state index in [1.807, 2.05) is 18.2 Å². The van der Waals surface area contributed by atoms with Crippen molar-refractivity contribution in [2.45, 2.75) is 59.7 Å². The highest BCUT2D eigenvalue weighted by Crippen LogP contribution is 2.25. The van der Waals surface area contributed by atoms with Gasteiger partial charge >= 0.3 is 0 Å². The molecule has 0 spiro atoms. The number of para-hydroxylation sites is 1. The van der Waals surface area contributed by atoms with Crippen molar-refractivity contribution in [3.8, 4) is 5.75 Å². The number of quaternary nitrogens is 1. The van der Waals surface area contributed by atoms with Crippen LogP contribution in [0.4, 0.5) is 4.39 Å². The van der Waals surface area contributed by atoms with E-state index in [-0.39, 0.29) is 11.4 Å². The molecule has 2 aromatic carbocycles. The summed E-state index contributed by atoms with van der Waals surface area (Å²) in [6.07, 6.45) is 1.14. The van der Waals surface area contributed by atoms with Gasteiger partial charge in [0.1, 0.15) is 24.7 Å². The molecule has 0 heterocycles. The van der Waals surface area contributed by atoms with Gasteiger partial charge in [-0.05, 0) is 49.1 Å². The normalized spacial score (nSPS) is 12.2. The van der Waals surface area contributed by atoms with Crippen LogP contribution in [0, 0.1) is 11.2 Å². The van der Waals surface area contributed by atoms with Gasteiger partial charge in [-0.2, -0.15) is 0 Å². The standard InChI is InChI=1S/C22H30FNO/c1-21(2,3)16-22(4,5)24-14-18-8-6-7-9-20(18)25-15-17-10-12-19(23)13-11-17/h6-13,24H,14-16H2,1-5H3/p+1. The first-order chi connectivity index (χ1) is 11.6. The van der Waals surface area contributed by atoms with E-state index in [9.17, 15) is 4.39 Å². The molecule has 2 aromatic rings. The molecule has 0 bridgehead atoms. The van der Waals surface area contributed by atoms with Gasteiger partial charge in [-0.1, -0.05) is 45.0 Å². The Hall–Kier alpha value is -1.87.